The van der Waals surface area contributed by atoms with Crippen molar-refractivity contribution in [2.24, 2.45) is 0 Å². The van der Waals surface area contributed by atoms with Crippen LogP contribution in [0, 0.1) is 11.6 Å². The van der Waals surface area contributed by atoms with E-state index in [2.05, 4.69) is 4.98 Å². The molecule has 3 aromatic rings. The zero-order valence-electron chi connectivity index (χ0n) is 14.9. The first-order valence-corrected chi connectivity index (χ1v) is 9.66. The van der Waals surface area contributed by atoms with Crippen molar-refractivity contribution in [3.8, 4) is 0 Å². The molecule has 2 aromatic carbocycles. The molecular weight excluding hydrogens is 392 g/mol. The summed E-state index contributed by atoms with van der Waals surface area (Å²) < 4.78 is 27.9. The molecule has 4 nitrogen and oxygen atoms in total. The molecule has 0 fully saturated rings. The van der Waals surface area contributed by atoms with Crippen LogP contribution in [0.25, 0.3) is 10.2 Å². The molecule has 0 radical (unpaired) electrons. The molecule has 1 heterocycles. The van der Waals surface area contributed by atoms with Crippen LogP contribution in [0.1, 0.15) is 16.8 Å². The lowest BCUT2D eigenvalue weighted by atomic mass is 10.2. The van der Waals surface area contributed by atoms with Crippen molar-refractivity contribution >= 4 is 44.2 Å². The highest BCUT2D eigenvalue weighted by Gasteiger charge is 2.22. The molecule has 1 aromatic heterocycles. The monoisotopic (exact) mass is 410 g/mol. The molecule has 0 aliphatic rings. The fourth-order valence-electron chi connectivity index (χ4n) is 2.68. The number of thiazole rings is 1. The van der Waals surface area contributed by atoms with E-state index >= 15 is 0 Å². The molecule has 1 N–H and O–H groups in total. The van der Waals surface area contributed by atoms with Gasteiger partial charge in [-0.1, -0.05) is 22.9 Å². The van der Waals surface area contributed by atoms with Crippen LogP contribution in [-0.2, 0) is 0 Å². The fraction of sp³-hybridized carbons (Fsp3) is 0.263. The van der Waals surface area contributed by atoms with Crippen LogP contribution >= 0.6 is 22.9 Å². The summed E-state index contributed by atoms with van der Waals surface area (Å²) in [5.74, 6) is -1.65. The zero-order chi connectivity index (χ0) is 19.6. The molecule has 27 heavy (non-hydrogen) atoms. The fourth-order valence-corrected chi connectivity index (χ4v) is 3.84. The van der Waals surface area contributed by atoms with E-state index in [4.69, 9.17) is 11.6 Å². The van der Waals surface area contributed by atoms with E-state index < -0.39 is 11.6 Å². The number of benzene rings is 2. The summed E-state index contributed by atoms with van der Waals surface area (Å²) in [4.78, 5) is 20.1. The van der Waals surface area contributed by atoms with E-state index in [0.717, 1.165) is 30.4 Å². The first kappa shape index (κ1) is 19.7. The van der Waals surface area contributed by atoms with Gasteiger partial charge in [0, 0.05) is 29.6 Å². The summed E-state index contributed by atoms with van der Waals surface area (Å²) in [6.45, 7) is 1.29. The number of nitrogens with zero attached hydrogens (tertiary/aromatic N) is 2. The van der Waals surface area contributed by atoms with Gasteiger partial charge in [-0.3, -0.25) is 9.69 Å². The summed E-state index contributed by atoms with van der Waals surface area (Å²) >= 11 is 7.00. The minimum Gasteiger partial charge on any atom is -0.340 e. The molecule has 0 saturated carbocycles. The Bertz CT molecular complexity index is 959. The Kier molecular flexibility index (Phi) is 6.04. The van der Waals surface area contributed by atoms with Crippen molar-refractivity contribution in [2.75, 3.05) is 32.1 Å². The first-order chi connectivity index (χ1) is 12.8. The van der Waals surface area contributed by atoms with Gasteiger partial charge in [0.15, 0.2) is 10.9 Å². The lowest BCUT2D eigenvalue weighted by Gasteiger charge is -2.20. The van der Waals surface area contributed by atoms with Crippen LogP contribution in [0.2, 0.25) is 5.02 Å². The average molecular weight is 411 g/mol. The Hall–Kier alpha value is -2.09. The third kappa shape index (κ3) is 4.61. The lowest BCUT2D eigenvalue weighted by molar-refractivity contribution is -0.858. The molecule has 0 aliphatic heterocycles. The second kappa shape index (κ2) is 8.29. The van der Waals surface area contributed by atoms with Crippen molar-refractivity contribution < 1.29 is 18.5 Å². The maximum absolute atomic E-state index is 14.0. The van der Waals surface area contributed by atoms with Gasteiger partial charge in [-0.25, -0.2) is 13.8 Å². The quantitative estimate of drug-likeness (QED) is 0.676. The molecule has 3 rings (SSSR count). The van der Waals surface area contributed by atoms with Gasteiger partial charge in [0.05, 0.1) is 25.3 Å². The third-order valence-electron chi connectivity index (χ3n) is 4.03. The molecular formula is C19H19ClF2N3OS+. The van der Waals surface area contributed by atoms with E-state index in [-0.39, 0.29) is 11.4 Å². The summed E-state index contributed by atoms with van der Waals surface area (Å²) in [7, 11) is 4.06. The predicted molar refractivity (Wildman–Crippen MR) is 105 cm³/mol. The van der Waals surface area contributed by atoms with Crippen LogP contribution in [0.4, 0.5) is 13.9 Å². The Morgan fingerprint density at radius 2 is 1.93 bits per heavy atom. The summed E-state index contributed by atoms with van der Waals surface area (Å²) in [6.07, 6.45) is 0.744. The standard InChI is InChI=1S/C19H18ClF2N3OS/c1-24(2)8-3-9-25(18(26)12-4-6-13(20)7-5-12)19-23-17-15(22)10-14(21)11-16(17)27-19/h4-7,10-11H,3,8-9H2,1-2H3/p+1. The van der Waals surface area contributed by atoms with Crippen LogP contribution in [-0.4, -0.2) is 38.1 Å². The average Bonchev–Trinajstić information content (AvgIpc) is 3.02. The zero-order valence-corrected chi connectivity index (χ0v) is 16.5. The van der Waals surface area contributed by atoms with E-state index in [1.165, 1.54) is 15.9 Å². The van der Waals surface area contributed by atoms with E-state index in [9.17, 15) is 13.6 Å². The van der Waals surface area contributed by atoms with Gasteiger partial charge in [0.25, 0.3) is 5.91 Å². The number of carbonyl (C=O) groups is 1. The summed E-state index contributed by atoms with van der Waals surface area (Å²) in [5.41, 5.74) is 0.533. The van der Waals surface area contributed by atoms with Gasteiger partial charge >= 0.3 is 0 Å². The number of hydrogen-bond acceptors (Lipinski definition) is 3. The highest BCUT2D eigenvalue weighted by Crippen LogP contribution is 2.32. The molecule has 0 saturated heterocycles. The van der Waals surface area contributed by atoms with Crippen LogP contribution < -0.4 is 9.80 Å². The predicted octanol–water partition coefficient (Wildman–Crippen LogP) is 3.41. The van der Waals surface area contributed by atoms with Gasteiger partial charge in [-0.2, -0.15) is 0 Å². The third-order valence-corrected chi connectivity index (χ3v) is 5.30. The molecule has 1 amide bonds. The normalized spacial score (nSPS) is 11.3. The molecule has 0 bridgehead atoms. The topological polar surface area (TPSA) is 37.6 Å². The van der Waals surface area contributed by atoms with Gasteiger partial charge < -0.3 is 4.90 Å². The van der Waals surface area contributed by atoms with E-state index in [1.807, 2.05) is 14.1 Å². The van der Waals surface area contributed by atoms with E-state index in [1.54, 1.807) is 24.3 Å². The number of amides is 1. The molecule has 0 atom stereocenters. The van der Waals surface area contributed by atoms with Crippen molar-refractivity contribution in [3.63, 3.8) is 0 Å². The second-order valence-corrected chi connectivity index (χ2v) is 7.95. The number of hydrogen-bond donors (Lipinski definition) is 1. The highest BCUT2D eigenvalue weighted by atomic mass is 35.5. The van der Waals surface area contributed by atoms with E-state index in [0.29, 0.717) is 27.0 Å². The number of halogens is 3. The molecule has 0 aliphatic carbocycles. The van der Waals surface area contributed by atoms with Crippen molar-refractivity contribution in [3.05, 3.63) is 58.6 Å². The minimum atomic E-state index is -0.732. The van der Waals surface area contributed by atoms with Crippen LogP contribution in [0.3, 0.4) is 0 Å². The maximum atomic E-state index is 14.0. The number of nitrogens with one attached hydrogen (secondary N) is 1. The smallest absolute Gasteiger partial charge is 0.260 e. The number of quaternary nitrogens is 1. The number of anilines is 1. The largest absolute Gasteiger partial charge is 0.340 e. The first-order valence-electron chi connectivity index (χ1n) is 8.47. The molecule has 0 spiro atoms. The maximum Gasteiger partial charge on any atom is 0.260 e. The minimum absolute atomic E-state index is 0.0727. The van der Waals surface area contributed by atoms with Gasteiger partial charge in [-0.05, 0) is 30.3 Å². The molecule has 8 heteroatoms. The SMILES string of the molecule is C[NH+](C)CCCN(C(=O)c1ccc(Cl)cc1)c1nc2c(F)cc(F)cc2s1. The van der Waals surface area contributed by atoms with Gasteiger partial charge in [-0.15, -0.1) is 0 Å². The van der Waals surface area contributed by atoms with Crippen molar-refractivity contribution in [1.82, 2.24) is 4.98 Å². The lowest BCUT2D eigenvalue weighted by Crippen LogP contribution is -3.05. The Morgan fingerprint density at radius 3 is 2.59 bits per heavy atom. The highest BCUT2D eigenvalue weighted by molar-refractivity contribution is 7.22. The number of aromatic nitrogens is 1. The number of carbonyl (C=O) groups excluding carboxylic acids is 1. The number of fused-ring (bicyclic) bond motifs is 1. The van der Waals surface area contributed by atoms with Crippen LogP contribution in [0.5, 0.6) is 0 Å². The molecule has 142 valence electrons. The van der Waals surface area contributed by atoms with Crippen molar-refractivity contribution in [2.45, 2.75) is 6.42 Å². The Morgan fingerprint density at radius 1 is 1.22 bits per heavy atom. The number of rotatable bonds is 6. The van der Waals surface area contributed by atoms with Gasteiger partial charge in [0.1, 0.15) is 11.3 Å². The Labute approximate surface area is 165 Å². The summed E-state index contributed by atoms with van der Waals surface area (Å²) in [6, 6.07) is 8.60. The van der Waals surface area contributed by atoms with Crippen molar-refractivity contribution in [1.29, 1.82) is 0 Å². The van der Waals surface area contributed by atoms with Crippen LogP contribution in [0.15, 0.2) is 36.4 Å². The summed E-state index contributed by atoms with van der Waals surface area (Å²) in [5, 5.41) is 0.884. The van der Waals surface area contributed by atoms with Gasteiger partial charge in [0.2, 0.25) is 0 Å². The molecule has 0 unspecified atom stereocenters. The Balaban J connectivity index is 1.97. The second-order valence-electron chi connectivity index (χ2n) is 6.51.